The van der Waals surface area contributed by atoms with Crippen molar-refractivity contribution in [3.8, 4) is 0 Å². The smallest absolute Gasteiger partial charge is 0.230 e. The summed E-state index contributed by atoms with van der Waals surface area (Å²) in [5, 5.41) is 7.10. The fraction of sp³-hybridized carbons (Fsp3) is 0.0625. The van der Waals surface area contributed by atoms with Gasteiger partial charge in [0.1, 0.15) is 0 Å². The molecule has 0 spiro atoms. The molecule has 116 valence electrons. The van der Waals surface area contributed by atoms with Gasteiger partial charge in [0.2, 0.25) is 5.91 Å². The van der Waals surface area contributed by atoms with Crippen molar-refractivity contribution < 1.29 is 4.79 Å². The Bertz CT molecular complexity index is 864. The highest BCUT2D eigenvalue weighted by atomic mass is 35.5. The maximum absolute atomic E-state index is 12.0. The van der Waals surface area contributed by atoms with E-state index >= 15 is 0 Å². The van der Waals surface area contributed by atoms with E-state index in [1.54, 1.807) is 6.07 Å². The number of nitrogens with one attached hydrogen (secondary N) is 2. The molecule has 0 radical (unpaired) electrons. The third-order valence-electron chi connectivity index (χ3n) is 3.03. The Balaban J connectivity index is 1.60. The summed E-state index contributed by atoms with van der Waals surface area (Å²) in [5.41, 5.74) is 1.77. The SMILES string of the molecule is O=C(Cc1ccccc1)NC(=S)Nc1nc2ccc(Cl)cc2s1. The zero-order valence-corrected chi connectivity index (χ0v) is 14.3. The maximum atomic E-state index is 12.0. The average molecular weight is 362 g/mol. The molecular formula is C16H12ClN3OS2. The van der Waals surface area contributed by atoms with Crippen molar-refractivity contribution in [3.63, 3.8) is 0 Å². The second-order valence-corrected chi connectivity index (χ2v) is 6.67. The molecule has 7 heteroatoms. The van der Waals surface area contributed by atoms with Gasteiger partial charge in [-0.3, -0.25) is 4.79 Å². The summed E-state index contributed by atoms with van der Waals surface area (Å²) in [6.45, 7) is 0. The molecule has 1 amide bonds. The molecule has 1 aromatic heterocycles. The first-order valence-electron chi connectivity index (χ1n) is 6.81. The minimum absolute atomic E-state index is 0.169. The van der Waals surface area contributed by atoms with Crippen molar-refractivity contribution in [2.45, 2.75) is 6.42 Å². The van der Waals surface area contributed by atoms with E-state index in [9.17, 15) is 4.79 Å². The van der Waals surface area contributed by atoms with Crippen LogP contribution in [0.4, 0.5) is 5.13 Å². The van der Waals surface area contributed by atoms with Crippen LogP contribution in [0.3, 0.4) is 0 Å². The summed E-state index contributed by atoms with van der Waals surface area (Å²) in [6, 6.07) is 15.0. The van der Waals surface area contributed by atoms with Crippen LogP contribution in [0.1, 0.15) is 5.56 Å². The zero-order chi connectivity index (χ0) is 16.2. The Hall–Kier alpha value is -2.02. The lowest BCUT2D eigenvalue weighted by molar-refractivity contribution is -0.119. The monoisotopic (exact) mass is 361 g/mol. The lowest BCUT2D eigenvalue weighted by atomic mass is 10.1. The van der Waals surface area contributed by atoms with Crippen molar-refractivity contribution in [1.82, 2.24) is 10.3 Å². The van der Waals surface area contributed by atoms with Crippen LogP contribution in [0.25, 0.3) is 10.2 Å². The van der Waals surface area contributed by atoms with Gasteiger partial charge in [-0.25, -0.2) is 4.98 Å². The number of rotatable bonds is 3. The minimum Gasteiger partial charge on any atom is -0.308 e. The van der Waals surface area contributed by atoms with Crippen LogP contribution >= 0.6 is 35.2 Å². The first kappa shape index (κ1) is 15.9. The van der Waals surface area contributed by atoms with Crippen molar-refractivity contribution in [3.05, 3.63) is 59.1 Å². The van der Waals surface area contributed by atoms with Gasteiger partial charge in [-0.05, 0) is 36.0 Å². The van der Waals surface area contributed by atoms with Crippen molar-refractivity contribution in [2.75, 3.05) is 5.32 Å². The van der Waals surface area contributed by atoms with E-state index in [4.69, 9.17) is 23.8 Å². The molecule has 0 aliphatic carbocycles. The third kappa shape index (κ3) is 4.25. The highest BCUT2D eigenvalue weighted by molar-refractivity contribution is 7.80. The number of aromatic nitrogens is 1. The highest BCUT2D eigenvalue weighted by Crippen LogP contribution is 2.28. The predicted octanol–water partition coefficient (Wildman–Crippen LogP) is 4.01. The zero-order valence-electron chi connectivity index (χ0n) is 11.9. The number of thiocarbonyl (C=S) groups is 1. The molecule has 1 heterocycles. The minimum atomic E-state index is -0.169. The number of carbonyl (C=O) groups excluding carboxylic acids is 1. The number of nitrogens with zero attached hydrogens (tertiary/aromatic N) is 1. The summed E-state index contributed by atoms with van der Waals surface area (Å²) < 4.78 is 0.957. The van der Waals surface area contributed by atoms with E-state index < -0.39 is 0 Å². The van der Waals surface area contributed by atoms with Crippen LogP contribution in [-0.2, 0) is 11.2 Å². The number of benzene rings is 2. The number of halogens is 1. The van der Waals surface area contributed by atoms with Crippen LogP contribution in [0.2, 0.25) is 5.02 Å². The second kappa shape index (κ2) is 7.04. The molecule has 0 unspecified atom stereocenters. The predicted molar refractivity (Wildman–Crippen MR) is 99.1 cm³/mol. The molecule has 0 saturated heterocycles. The molecule has 0 fully saturated rings. The molecular weight excluding hydrogens is 350 g/mol. The van der Waals surface area contributed by atoms with Gasteiger partial charge in [0.25, 0.3) is 0 Å². The second-order valence-electron chi connectivity index (χ2n) is 4.80. The highest BCUT2D eigenvalue weighted by Gasteiger charge is 2.09. The largest absolute Gasteiger partial charge is 0.308 e. The number of fused-ring (bicyclic) bond motifs is 1. The van der Waals surface area contributed by atoms with Gasteiger partial charge < -0.3 is 10.6 Å². The van der Waals surface area contributed by atoms with Crippen LogP contribution in [0.15, 0.2) is 48.5 Å². The van der Waals surface area contributed by atoms with Crippen LogP contribution < -0.4 is 10.6 Å². The van der Waals surface area contributed by atoms with Gasteiger partial charge in [-0.15, -0.1) is 0 Å². The number of hydrogen-bond acceptors (Lipinski definition) is 4. The molecule has 3 aromatic rings. The van der Waals surface area contributed by atoms with E-state index in [0.29, 0.717) is 10.2 Å². The van der Waals surface area contributed by atoms with E-state index in [1.165, 1.54) is 11.3 Å². The fourth-order valence-electron chi connectivity index (χ4n) is 2.03. The molecule has 4 nitrogen and oxygen atoms in total. The van der Waals surface area contributed by atoms with E-state index in [0.717, 1.165) is 15.8 Å². The van der Waals surface area contributed by atoms with E-state index in [2.05, 4.69) is 15.6 Å². The summed E-state index contributed by atoms with van der Waals surface area (Å²) in [7, 11) is 0. The van der Waals surface area contributed by atoms with Gasteiger partial charge in [0.15, 0.2) is 10.2 Å². The Morgan fingerprint density at radius 2 is 2.00 bits per heavy atom. The Labute approximate surface area is 147 Å². The topological polar surface area (TPSA) is 54.0 Å². The third-order valence-corrected chi connectivity index (χ3v) is 4.40. The number of carbonyl (C=O) groups is 1. The molecule has 0 aliphatic heterocycles. The van der Waals surface area contributed by atoms with Crippen LogP contribution in [0, 0.1) is 0 Å². The van der Waals surface area contributed by atoms with Gasteiger partial charge in [-0.1, -0.05) is 53.3 Å². The lowest BCUT2D eigenvalue weighted by Crippen LogP contribution is -2.35. The Kier molecular flexibility index (Phi) is 4.85. The summed E-state index contributed by atoms with van der Waals surface area (Å²) in [6.07, 6.45) is 0.276. The standard InChI is InChI=1S/C16H12ClN3OS2/c17-11-6-7-12-13(9-11)23-16(18-12)20-15(22)19-14(21)8-10-4-2-1-3-5-10/h1-7,9H,8H2,(H2,18,19,20,21,22). The molecule has 2 N–H and O–H groups in total. The van der Waals surface area contributed by atoms with Gasteiger partial charge in [0, 0.05) is 5.02 Å². The van der Waals surface area contributed by atoms with Gasteiger partial charge >= 0.3 is 0 Å². The van der Waals surface area contributed by atoms with E-state index in [-0.39, 0.29) is 17.4 Å². The lowest BCUT2D eigenvalue weighted by Gasteiger charge is -2.07. The molecule has 23 heavy (non-hydrogen) atoms. The molecule has 2 aromatic carbocycles. The van der Waals surface area contributed by atoms with Crippen molar-refractivity contribution in [1.29, 1.82) is 0 Å². The van der Waals surface area contributed by atoms with Crippen molar-refractivity contribution in [2.24, 2.45) is 0 Å². The fourth-order valence-corrected chi connectivity index (χ4v) is 3.45. The molecule has 0 saturated carbocycles. The summed E-state index contributed by atoms with van der Waals surface area (Å²) in [4.78, 5) is 16.4. The number of amides is 1. The van der Waals surface area contributed by atoms with Crippen molar-refractivity contribution >= 4 is 61.5 Å². The molecule has 0 bridgehead atoms. The number of anilines is 1. The summed E-state index contributed by atoms with van der Waals surface area (Å²) in [5.74, 6) is -0.169. The first-order valence-corrected chi connectivity index (χ1v) is 8.41. The number of hydrogen-bond donors (Lipinski definition) is 2. The quantitative estimate of drug-likeness (QED) is 0.692. The van der Waals surface area contributed by atoms with Crippen LogP contribution in [0.5, 0.6) is 0 Å². The van der Waals surface area contributed by atoms with Gasteiger partial charge in [-0.2, -0.15) is 0 Å². The molecule has 0 aliphatic rings. The van der Waals surface area contributed by atoms with Crippen LogP contribution in [-0.4, -0.2) is 16.0 Å². The van der Waals surface area contributed by atoms with Gasteiger partial charge in [0.05, 0.1) is 16.6 Å². The summed E-state index contributed by atoms with van der Waals surface area (Å²) >= 11 is 12.5. The first-order chi connectivity index (χ1) is 11.1. The maximum Gasteiger partial charge on any atom is 0.230 e. The number of thiazole rings is 1. The normalized spacial score (nSPS) is 10.5. The Morgan fingerprint density at radius 3 is 2.78 bits per heavy atom. The Morgan fingerprint density at radius 1 is 1.22 bits per heavy atom. The van der Waals surface area contributed by atoms with E-state index in [1.807, 2.05) is 42.5 Å². The average Bonchev–Trinajstić information content (AvgIpc) is 2.89. The molecule has 0 atom stereocenters. The molecule has 3 rings (SSSR count).